The first-order valence-corrected chi connectivity index (χ1v) is 13.1. The molecule has 9 heteroatoms. The van der Waals surface area contributed by atoms with Crippen LogP contribution < -0.4 is 14.9 Å². The quantitative estimate of drug-likeness (QED) is 0.210. The number of halogens is 1. The fourth-order valence-corrected chi connectivity index (χ4v) is 4.47. The molecule has 188 valence electrons. The summed E-state index contributed by atoms with van der Waals surface area (Å²) in [5.41, 5.74) is 5.84. The Labute approximate surface area is 220 Å². The van der Waals surface area contributed by atoms with Gasteiger partial charge in [0, 0.05) is 16.3 Å². The lowest BCUT2D eigenvalue weighted by Gasteiger charge is -2.09. The van der Waals surface area contributed by atoms with Crippen LogP contribution in [-0.4, -0.2) is 20.5 Å². The Kier molecular flexibility index (Phi) is 8.22. The third-order valence-electron chi connectivity index (χ3n) is 5.29. The summed E-state index contributed by atoms with van der Waals surface area (Å²) in [6.07, 6.45) is 1.51. The summed E-state index contributed by atoms with van der Waals surface area (Å²) < 4.78 is 33.4. The third-order valence-corrected chi connectivity index (χ3v) is 6.94. The third kappa shape index (κ3) is 7.42. The normalized spacial score (nSPS) is 11.3. The minimum Gasteiger partial charge on any atom is -0.489 e. The van der Waals surface area contributed by atoms with Crippen molar-refractivity contribution in [3.8, 4) is 5.75 Å². The van der Waals surface area contributed by atoms with E-state index in [4.69, 9.17) is 16.3 Å². The van der Waals surface area contributed by atoms with Crippen molar-refractivity contribution >= 4 is 39.4 Å². The van der Waals surface area contributed by atoms with Gasteiger partial charge in [0.25, 0.3) is 15.9 Å². The Balaban J connectivity index is 1.31. The molecule has 0 atom stereocenters. The second-order valence-corrected chi connectivity index (χ2v) is 10.3. The highest BCUT2D eigenvalue weighted by atomic mass is 35.5. The predicted molar refractivity (Wildman–Crippen MR) is 146 cm³/mol. The number of anilines is 1. The zero-order valence-electron chi connectivity index (χ0n) is 19.9. The van der Waals surface area contributed by atoms with Gasteiger partial charge in [0.2, 0.25) is 0 Å². The Bertz CT molecular complexity index is 1500. The van der Waals surface area contributed by atoms with Crippen molar-refractivity contribution in [2.45, 2.75) is 18.4 Å². The first-order valence-electron chi connectivity index (χ1n) is 11.3. The van der Waals surface area contributed by atoms with Crippen LogP contribution >= 0.6 is 11.6 Å². The Morgan fingerprint density at radius 2 is 1.65 bits per heavy atom. The first-order chi connectivity index (χ1) is 17.8. The number of sulfonamides is 1. The van der Waals surface area contributed by atoms with Gasteiger partial charge in [-0.1, -0.05) is 53.6 Å². The van der Waals surface area contributed by atoms with Crippen LogP contribution in [0, 0.1) is 6.92 Å². The maximum atomic E-state index is 12.5. The van der Waals surface area contributed by atoms with Gasteiger partial charge in [-0.25, -0.2) is 13.8 Å². The monoisotopic (exact) mass is 533 g/mol. The number of hydrazone groups is 1. The number of carbonyl (C=O) groups excluding carboxylic acids is 1. The second-order valence-electron chi connectivity index (χ2n) is 8.18. The van der Waals surface area contributed by atoms with Gasteiger partial charge in [-0.2, -0.15) is 5.10 Å². The van der Waals surface area contributed by atoms with Crippen LogP contribution in [0.1, 0.15) is 27.0 Å². The van der Waals surface area contributed by atoms with E-state index >= 15 is 0 Å². The minimum atomic E-state index is -3.72. The lowest BCUT2D eigenvalue weighted by Crippen LogP contribution is -2.18. The summed E-state index contributed by atoms with van der Waals surface area (Å²) >= 11 is 5.90. The van der Waals surface area contributed by atoms with Gasteiger partial charge in [-0.15, -0.1) is 0 Å². The summed E-state index contributed by atoms with van der Waals surface area (Å²) in [5, 5.41) is 4.68. The average molecular weight is 534 g/mol. The fourth-order valence-electron chi connectivity index (χ4n) is 3.28. The van der Waals surface area contributed by atoms with E-state index in [1.165, 1.54) is 30.5 Å². The number of hydrogen-bond donors (Lipinski definition) is 2. The van der Waals surface area contributed by atoms with Gasteiger partial charge < -0.3 is 4.74 Å². The molecule has 0 aliphatic rings. The predicted octanol–water partition coefficient (Wildman–Crippen LogP) is 5.79. The van der Waals surface area contributed by atoms with Crippen molar-refractivity contribution in [2.24, 2.45) is 5.10 Å². The summed E-state index contributed by atoms with van der Waals surface area (Å²) in [6, 6.07) is 27.3. The van der Waals surface area contributed by atoms with E-state index in [0.717, 1.165) is 16.7 Å². The van der Waals surface area contributed by atoms with Gasteiger partial charge in [0.15, 0.2) is 0 Å². The molecule has 0 radical (unpaired) electrons. The zero-order valence-corrected chi connectivity index (χ0v) is 21.5. The number of ether oxygens (including phenoxy) is 1. The first kappa shape index (κ1) is 25.9. The molecule has 0 aliphatic heterocycles. The van der Waals surface area contributed by atoms with E-state index in [1.807, 2.05) is 49.4 Å². The molecule has 4 aromatic rings. The molecule has 0 unspecified atom stereocenters. The van der Waals surface area contributed by atoms with E-state index in [2.05, 4.69) is 15.2 Å². The van der Waals surface area contributed by atoms with Crippen LogP contribution in [0.5, 0.6) is 5.75 Å². The number of rotatable bonds is 9. The standard InChI is InChI=1S/C28H24ClN3O4S/c1-20-5-15-27(16-6-20)37(34,35)32-25-13-9-23(10-14-25)28(33)31-30-18-22-3-2-4-26(17-22)36-19-21-7-11-24(29)12-8-21/h2-18,32H,19H2,1H3,(H,31,33)/b30-18-. The van der Waals surface area contributed by atoms with E-state index in [9.17, 15) is 13.2 Å². The number of carbonyl (C=O) groups is 1. The Hall–Kier alpha value is -4.14. The van der Waals surface area contributed by atoms with Gasteiger partial charge in [-0.3, -0.25) is 9.52 Å². The number of hydrogen-bond acceptors (Lipinski definition) is 5. The van der Waals surface area contributed by atoms with E-state index < -0.39 is 15.9 Å². The summed E-state index contributed by atoms with van der Waals surface area (Å²) in [4.78, 5) is 12.6. The van der Waals surface area contributed by atoms with Gasteiger partial charge in [0.05, 0.1) is 11.1 Å². The smallest absolute Gasteiger partial charge is 0.271 e. The Morgan fingerprint density at radius 1 is 0.946 bits per heavy atom. The number of nitrogens with one attached hydrogen (secondary N) is 2. The molecule has 2 N–H and O–H groups in total. The summed E-state index contributed by atoms with van der Waals surface area (Å²) in [7, 11) is -3.72. The summed E-state index contributed by atoms with van der Waals surface area (Å²) in [6.45, 7) is 2.28. The van der Waals surface area contributed by atoms with Crippen LogP contribution in [0.15, 0.2) is 107 Å². The lowest BCUT2D eigenvalue weighted by molar-refractivity contribution is 0.0955. The fraction of sp³-hybridized carbons (Fsp3) is 0.0714. The maximum Gasteiger partial charge on any atom is 0.271 e. The van der Waals surface area contributed by atoms with Gasteiger partial charge >= 0.3 is 0 Å². The molecular weight excluding hydrogens is 510 g/mol. The molecule has 0 saturated carbocycles. The van der Waals surface area contributed by atoms with Gasteiger partial charge in [0.1, 0.15) is 12.4 Å². The Morgan fingerprint density at radius 3 is 2.35 bits per heavy atom. The van der Waals surface area contributed by atoms with Crippen molar-refractivity contribution in [2.75, 3.05) is 4.72 Å². The molecule has 0 aromatic heterocycles. The number of nitrogens with zero attached hydrogens (tertiary/aromatic N) is 1. The van der Waals surface area contributed by atoms with Crippen LogP contribution in [0.4, 0.5) is 5.69 Å². The molecular formula is C28H24ClN3O4S. The molecule has 1 amide bonds. The molecule has 4 aromatic carbocycles. The highest BCUT2D eigenvalue weighted by Crippen LogP contribution is 2.18. The molecule has 0 saturated heterocycles. The van der Waals surface area contributed by atoms with E-state index in [1.54, 1.807) is 30.3 Å². The minimum absolute atomic E-state index is 0.161. The summed E-state index contributed by atoms with van der Waals surface area (Å²) in [5.74, 6) is 0.230. The van der Waals surface area contributed by atoms with Crippen LogP contribution in [-0.2, 0) is 16.6 Å². The van der Waals surface area contributed by atoms with Crippen molar-refractivity contribution in [3.05, 3.63) is 124 Å². The molecule has 37 heavy (non-hydrogen) atoms. The average Bonchev–Trinajstić information content (AvgIpc) is 2.89. The van der Waals surface area contributed by atoms with Crippen molar-refractivity contribution in [1.82, 2.24) is 5.43 Å². The number of amides is 1. The number of aryl methyl sites for hydroxylation is 1. The lowest BCUT2D eigenvalue weighted by atomic mass is 10.2. The molecule has 0 fully saturated rings. The van der Waals surface area contributed by atoms with E-state index in [0.29, 0.717) is 28.6 Å². The van der Waals surface area contributed by atoms with Crippen molar-refractivity contribution < 1.29 is 17.9 Å². The van der Waals surface area contributed by atoms with Crippen LogP contribution in [0.3, 0.4) is 0 Å². The van der Waals surface area contributed by atoms with Crippen molar-refractivity contribution in [1.29, 1.82) is 0 Å². The van der Waals surface area contributed by atoms with Crippen LogP contribution in [0.2, 0.25) is 5.02 Å². The highest BCUT2D eigenvalue weighted by molar-refractivity contribution is 7.92. The van der Waals surface area contributed by atoms with E-state index in [-0.39, 0.29) is 4.90 Å². The second kappa shape index (κ2) is 11.7. The largest absolute Gasteiger partial charge is 0.489 e. The molecule has 0 heterocycles. The SMILES string of the molecule is Cc1ccc(S(=O)(=O)Nc2ccc(C(=O)N/N=C\c3cccc(OCc4ccc(Cl)cc4)c3)cc2)cc1. The topological polar surface area (TPSA) is 96.9 Å². The van der Waals surface area contributed by atoms with Crippen LogP contribution in [0.25, 0.3) is 0 Å². The molecule has 0 bridgehead atoms. The van der Waals surface area contributed by atoms with Crippen molar-refractivity contribution in [3.63, 3.8) is 0 Å². The maximum absolute atomic E-state index is 12.5. The molecule has 7 nitrogen and oxygen atoms in total. The molecule has 0 aliphatic carbocycles. The number of benzene rings is 4. The molecule has 0 spiro atoms. The molecule has 4 rings (SSSR count). The zero-order chi connectivity index (χ0) is 26.3. The highest BCUT2D eigenvalue weighted by Gasteiger charge is 2.14. The van der Waals surface area contributed by atoms with Gasteiger partial charge in [-0.05, 0) is 78.7 Å².